The zero-order chi connectivity index (χ0) is 10.1. The summed E-state index contributed by atoms with van der Waals surface area (Å²) in [4.78, 5) is 0. The Morgan fingerprint density at radius 2 is 2.23 bits per heavy atom. The second kappa shape index (κ2) is 3.49. The molecule has 1 aromatic heterocycles. The van der Waals surface area contributed by atoms with Crippen molar-refractivity contribution in [1.29, 1.82) is 0 Å². The fourth-order valence-electron chi connectivity index (χ4n) is 1.10. The van der Waals surface area contributed by atoms with Crippen molar-refractivity contribution in [3.05, 3.63) is 24.0 Å². The molecule has 74 valence electrons. The summed E-state index contributed by atoms with van der Waals surface area (Å²) < 4.78 is 25.5. The highest BCUT2D eigenvalue weighted by atomic mass is 32.2. The molecule has 1 rings (SSSR count). The molecule has 0 radical (unpaired) electrons. The van der Waals surface area contributed by atoms with Gasteiger partial charge < -0.3 is 4.57 Å². The summed E-state index contributed by atoms with van der Waals surface area (Å²) in [7, 11) is -1.75. The van der Waals surface area contributed by atoms with Gasteiger partial charge in [-0.1, -0.05) is 0 Å². The van der Waals surface area contributed by atoms with E-state index >= 15 is 0 Å². The second-order valence-corrected chi connectivity index (χ2v) is 4.32. The van der Waals surface area contributed by atoms with Gasteiger partial charge in [-0.25, -0.2) is 5.14 Å². The van der Waals surface area contributed by atoms with Crippen LogP contribution in [0, 0.1) is 0 Å². The molecule has 0 aliphatic carbocycles. The van der Waals surface area contributed by atoms with E-state index in [2.05, 4.69) is 4.72 Å². The molecule has 0 aliphatic rings. The lowest BCUT2D eigenvalue weighted by Crippen LogP contribution is -2.32. The van der Waals surface area contributed by atoms with Crippen LogP contribution in [-0.2, 0) is 17.3 Å². The maximum Gasteiger partial charge on any atom is 0.274 e. The average molecular weight is 203 g/mol. The number of aromatic nitrogens is 1. The molecule has 1 heterocycles. The van der Waals surface area contributed by atoms with Crippen molar-refractivity contribution in [2.24, 2.45) is 12.2 Å². The molecule has 0 saturated carbocycles. The van der Waals surface area contributed by atoms with E-state index in [4.69, 9.17) is 5.14 Å². The maximum atomic E-state index is 10.7. The first kappa shape index (κ1) is 10.2. The van der Waals surface area contributed by atoms with Crippen LogP contribution in [0.3, 0.4) is 0 Å². The summed E-state index contributed by atoms with van der Waals surface area (Å²) in [6, 6.07) is 1.54. The van der Waals surface area contributed by atoms with Gasteiger partial charge in [-0.05, 0) is 18.6 Å². The van der Waals surface area contributed by atoms with Crippen LogP contribution in [0.1, 0.15) is 18.5 Å². The van der Waals surface area contributed by atoms with Crippen LogP contribution in [0.4, 0.5) is 0 Å². The lowest BCUT2D eigenvalue weighted by molar-refractivity contribution is 0.568. The minimum atomic E-state index is -3.62. The topological polar surface area (TPSA) is 77.1 Å². The van der Waals surface area contributed by atoms with Crippen molar-refractivity contribution >= 4 is 10.2 Å². The van der Waals surface area contributed by atoms with Crippen LogP contribution < -0.4 is 9.86 Å². The molecule has 13 heavy (non-hydrogen) atoms. The Labute approximate surface area is 77.7 Å². The van der Waals surface area contributed by atoms with Crippen LogP contribution in [0.5, 0.6) is 0 Å². The van der Waals surface area contributed by atoms with E-state index in [0.29, 0.717) is 0 Å². The van der Waals surface area contributed by atoms with E-state index in [0.717, 1.165) is 5.56 Å². The van der Waals surface area contributed by atoms with E-state index in [9.17, 15) is 8.42 Å². The molecule has 3 N–H and O–H groups in total. The van der Waals surface area contributed by atoms with Gasteiger partial charge in [-0.3, -0.25) is 0 Å². The molecule has 0 aliphatic heterocycles. The smallest absolute Gasteiger partial charge is 0.274 e. The van der Waals surface area contributed by atoms with Crippen molar-refractivity contribution in [2.45, 2.75) is 13.0 Å². The van der Waals surface area contributed by atoms with E-state index in [1.807, 2.05) is 30.1 Å². The molecule has 1 atom stereocenters. The van der Waals surface area contributed by atoms with E-state index < -0.39 is 10.2 Å². The number of hydrogen-bond acceptors (Lipinski definition) is 2. The Kier molecular flexibility index (Phi) is 2.74. The molecule has 5 nitrogen and oxygen atoms in total. The molecule has 0 fully saturated rings. The van der Waals surface area contributed by atoms with Crippen molar-refractivity contribution in [1.82, 2.24) is 9.29 Å². The highest BCUT2D eigenvalue weighted by Crippen LogP contribution is 2.11. The van der Waals surface area contributed by atoms with Gasteiger partial charge in [-0.2, -0.15) is 13.1 Å². The van der Waals surface area contributed by atoms with Gasteiger partial charge in [0.05, 0.1) is 0 Å². The molecule has 0 bridgehead atoms. The fraction of sp³-hybridized carbons (Fsp3) is 0.429. The van der Waals surface area contributed by atoms with Gasteiger partial charge >= 0.3 is 0 Å². The van der Waals surface area contributed by atoms with Crippen LogP contribution >= 0.6 is 0 Å². The third-order valence-corrected chi connectivity index (χ3v) is 2.38. The summed E-state index contributed by atoms with van der Waals surface area (Å²) in [6.45, 7) is 1.74. The van der Waals surface area contributed by atoms with E-state index in [1.165, 1.54) is 0 Å². The minimum Gasteiger partial charge on any atom is -0.357 e. The standard InChI is InChI=1S/C7H13N3O2S/c1-6(9-13(8,11)12)7-3-4-10(2)5-7/h3-6,9H,1-2H3,(H2,8,11,12). The maximum absolute atomic E-state index is 10.7. The monoisotopic (exact) mass is 203 g/mol. The quantitative estimate of drug-likeness (QED) is 0.718. The predicted octanol–water partition coefficient (Wildman–Crippen LogP) is -0.121. The first-order valence-electron chi connectivity index (χ1n) is 3.80. The average Bonchev–Trinajstić information content (AvgIpc) is 2.31. The molecule has 0 saturated heterocycles. The Morgan fingerprint density at radius 3 is 2.62 bits per heavy atom. The van der Waals surface area contributed by atoms with Gasteiger partial charge in [0.1, 0.15) is 0 Å². The van der Waals surface area contributed by atoms with Crippen LogP contribution in [-0.4, -0.2) is 13.0 Å². The van der Waals surface area contributed by atoms with Crippen molar-refractivity contribution in [3.8, 4) is 0 Å². The Balaban J connectivity index is 2.75. The van der Waals surface area contributed by atoms with Gasteiger partial charge in [0.2, 0.25) is 0 Å². The van der Waals surface area contributed by atoms with Gasteiger partial charge in [-0.15, -0.1) is 0 Å². The van der Waals surface area contributed by atoms with Gasteiger partial charge in [0, 0.05) is 25.5 Å². The van der Waals surface area contributed by atoms with Crippen LogP contribution in [0.15, 0.2) is 18.5 Å². The molecular weight excluding hydrogens is 190 g/mol. The van der Waals surface area contributed by atoms with Crippen molar-refractivity contribution in [3.63, 3.8) is 0 Å². The summed E-state index contributed by atoms with van der Waals surface area (Å²) in [6.07, 6.45) is 3.68. The Hall–Kier alpha value is -0.850. The van der Waals surface area contributed by atoms with Crippen molar-refractivity contribution < 1.29 is 8.42 Å². The third-order valence-electron chi connectivity index (χ3n) is 1.70. The van der Waals surface area contributed by atoms with E-state index in [-0.39, 0.29) is 6.04 Å². The molecule has 0 aromatic carbocycles. The normalized spacial score (nSPS) is 14.4. The SMILES string of the molecule is CC(NS(N)(=O)=O)c1ccn(C)c1. The zero-order valence-electron chi connectivity index (χ0n) is 7.56. The Bertz CT molecular complexity index is 382. The van der Waals surface area contributed by atoms with E-state index in [1.54, 1.807) is 6.92 Å². The van der Waals surface area contributed by atoms with Crippen LogP contribution in [0.2, 0.25) is 0 Å². The minimum absolute atomic E-state index is 0.295. The highest BCUT2D eigenvalue weighted by molar-refractivity contribution is 7.87. The van der Waals surface area contributed by atoms with Crippen LogP contribution in [0.25, 0.3) is 0 Å². The first-order valence-corrected chi connectivity index (χ1v) is 5.35. The third kappa shape index (κ3) is 3.17. The van der Waals surface area contributed by atoms with Crippen molar-refractivity contribution in [2.75, 3.05) is 0 Å². The number of nitrogens with two attached hydrogens (primary N) is 1. The molecule has 0 amide bonds. The fourth-order valence-corrected chi connectivity index (χ4v) is 1.72. The summed E-state index contributed by atoms with van der Waals surface area (Å²) >= 11 is 0. The number of aryl methyl sites for hydroxylation is 1. The molecular formula is C7H13N3O2S. The molecule has 1 aromatic rings. The largest absolute Gasteiger partial charge is 0.357 e. The predicted molar refractivity (Wildman–Crippen MR) is 50.1 cm³/mol. The molecule has 0 spiro atoms. The summed E-state index contributed by atoms with van der Waals surface area (Å²) in [5, 5.41) is 4.83. The second-order valence-electron chi connectivity index (χ2n) is 2.99. The molecule has 6 heteroatoms. The lowest BCUT2D eigenvalue weighted by Gasteiger charge is -2.09. The number of nitrogens with zero attached hydrogens (tertiary/aromatic N) is 1. The summed E-state index contributed by atoms with van der Waals surface area (Å²) in [5.41, 5.74) is 0.886. The summed E-state index contributed by atoms with van der Waals surface area (Å²) in [5.74, 6) is 0. The highest BCUT2D eigenvalue weighted by Gasteiger charge is 2.11. The molecule has 1 unspecified atom stereocenters. The number of rotatable bonds is 3. The van der Waals surface area contributed by atoms with Gasteiger partial charge in [0.15, 0.2) is 0 Å². The number of hydrogen-bond donors (Lipinski definition) is 2. The zero-order valence-corrected chi connectivity index (χ0v) is 8.38. The first-order chi connectivity index (χ1) is 5.88. The Morgan fingerprint density at radius 1 is 1.62 bits per heavy atom. The lowest BCUT2D eigenvalue weighted by atomic mass is 10.2. The number of nitrogens with one attached hydrogen (secondary N) is 1. The van der Waals surface area contributed by atoms with Gasteiger partial charge in [0.25, 0.3) is 10.2 Å².